The predicted octanol–water partition coefficient (Wildman–Crippen LogP) is 4.06. The van der Waals surface area contributed by atoms with Crippen LogP contribution in [0.15, 0.2) is 36.5 Å². The number of rotatable bonds is 6. The summed E-state index contributed by atoms with van der Waals surface area (Å²) in [6.45, 7) is 1.39. The van der Waals surface area contributed by atoms with Gasteiger partial charge in [0.1, 0.15) is 5.01 Å². The van der Waals surface area contributed by atoms with Crippen LogP contribution in [0.3, 0.4) is 0 Å². The molecule has 152 valence electrons. The van der Waals surface area contributed by atoms with E-state index in [1.807, 2.05) is 12.1 Å². The van der Waals surface area contributed by atoms with Gasteiger partial charge in [-0.1, -0.05) is 22.9 Å². The Bertz CT molecular complexity index is 1230. The average Bonchev–Trinajstić information content (AvgIpc) is 3.32. The maximum Gasteiger partial charge on any atom is 0.307 e. The Balaban J connectivity index is 1.64. The molecule has 0 saturated heterocycles. The highest BCUT2D eigenvalue weighted by Crippen LogP contribution is 2.35. The highest BCUT2D eigenvalue weighted by atomic mass is 35.5. The number of nitrogens with one attached hydrogen (secondary N) is 3. The molecule has 0 fully saturated rings. The Labute approximate surface area is 179 Å². The molecule has 1 amide bonds. The Morgan fingerprint density at radius 2 is 2.07 bits per heavy atom. The van der Waals surface area contributed by atoms with Crippen LogP contribution in [0.25, 0.3) is 21.5 Å². The first-order chi connectivity index (χ1) is 14.4. The normalized spacial score (nSPS) is 10.9. The van der Waals surface area contributed by atoms with Crippen LogP contribution >= 0.6 is 22.9 Å². The van der Waals surface area contributed by atoms with E-state index >= 15 is 0 Å². The first-order valence-corrected chi connectivity index (χ1v) is 9.94. The van der Waals surface area contributed by atoms with Crippen LogP contribution < -0.4 is 10.6 Å². The zero-order chi connectivity index (χ0) is 21.3. The van der Waals surface area contributed by atoms with Crippen molar-refractivity contribution < 1.29 is 14.7 Å². The lowest BCUT2D eigenvalue weighted by Gasteiger charge is -2.07. The molecule has 0 spiro atoms. The van der Waals surface area contributed by atoms with Gasteiger partial charge in [0.05, 0.1) is 28.8 Å². The lowest BCUT2D eigenvalue weighted by molar-refractivity contribution is -0.136. The summed E-state index contributed by atoms with van der Waals surface area (Å²) in [7, 11) is 0. The van der Waals surface area contributed by atoms with Crippen molar-refractivity contribution >= 4 is 62.2 Å². The molecule has 30 heavy (non-hydrogen) atoms. The number of carbonyl (C=O) groups excluding carboxylic acids is 1. The Morgan fingerprint density at radius 1 is 1.23 bits per heavy atom. The van der Waals surface area contributed by atoms with Crippen molar-refractivity contribution in [3.05, 3.63) is 47.1 Å². The Morgan fingerprint density at radius 3 is 2.83 bits per heavy atom. The van der Waals surface area contributed by atoms with E-state index in [-0.39, 0.29) is 12.3 Å². The van der Waals surface area contributed by atoms with E-state index < -0.39 is 5.97 Å². The molecule has 0 aliphatic rings. The molecule has 0 radical (unpaired) electrons. The number of carboxylic acid groups (broad SMARTS) is 1. The molecular weight excluding hydrogens is 428 g/mol. The van der Waals surface area contributed by atoms with E-state index in [1.54, 1.807) is 24.4 Å². The fourth-order valence-electron chi connectivity index (χ4n) is 2.95. The third kappa shape index (κ3) is 4.24. The highest BCUT2D eigenvalue weighted by Gasteiger charge is 2.13. The lowest BCUT2D eigenvalue weighted by Crippen LogP contribution is -2.07. The minimum atomic E-state index is -0.968. The van der Waals surface area contributed by atoms with E-state index in [0.29, 0.717) is 37.7 Å². The number of carbonyl (C=O) groups is 2. The fraction of sp³-hybridized carbons (Fsp3) is 0.105. The number of H-pyrrole nitrogens is 1. The van der Waals surface area contributed by atoms with E-state index in [4.69, 9.17) is 16.7 Å². The van der Waals surface area contributed by atoms with Crippen molar-refractivity contribution in [1.82, 2.24) is 20.4 Å². The number of nitrogens with zero attached hydrogens (tertiary/aromatic N) is 3. The smallest absolute Gasteiger partial charge is 0.307 e. The largest absolute Gasteiger partial charge is 0.481 e. The van der Waals surface area contributed by atoms with Crippen LogP contribution in [0, 0.1) is 0 Å². The van der Waals surface area contributed by atoms with Gasteiger partial charge in [-0.15, -0.1) is 10.2 Å². The van der Waals surface area contributed by atoms with E-state index in [2.05, 4.69) is 31.0 Å². The number of anilines is 3. The molecule has 0 atom stereocenters. The number of aliphatic carboxylic acids is 1. The molecule has 2 aromatic carbocycles. The average molecular weight is 443 g/mol. The topological polar surface area (TPSA) is 133 Å². The Kier molecular flexibility index (Phi) is 5.34. The number of aromatic nitrogens is 4. The highest BCUT2D eigenvalue weighted by molar-refractivity contribution is 7.18. The van der Waals surface area contributed by atoms with Gasteiger partial charge < -0.3 is 15.7 Å². The number of halogens is 1. The molecule has 9 nitrogen and oxygen atoms in total. The molecule has 4 aromatic rings. The number of amides is 1. The predicted molar refractivity (Wildman–Crippen MR) is 115 cm³/mol. The molecule has 0 saturated carbocycles. The van der Waals surface area contributed by atoms with Gasteiger partial charge in [0, 0.05) is 23.6 Å². The zero-order valence-corrected chi connectivity index (χ0v) is 17.1. The van der Waals surface area contributed by atoms with Crippen LogP contribution in [0.4, 0.5) is 16.5 Å². The second-order valence-electron chi connectivity index (χ2n) is 6.47. The van der Waals surface area contributed by atoms with E-state index in [1.165, 1.54) is 18.3 Å². The van der Waals surface area contributed by atoms with Gasteiger partial charge in [-0.3, -0.25) is 14.7 Å². The summed E-state index contributed by atoms with van der Waals surface area (Å²) in [6, 6.07) is 8.73. The summed E-state index contributed by atoms with van der Waals surface area (Å²) in [6.07, 6.45) is 1.47. The van der Waals surface area contributed by atoms with Crippen LogP contribution in [0.5, 0.6) is 0 Å². The summed E-state index contributed by atoms with van der Waals surface area (Å²) in [5.41, 5.74) is 3.17. The van der Waals surface area contributed by atoms with Crippen molar-refractivity contribution in [2.45, 2.75) is 13.3 Å². The summed E-state index contributed by atoms with van der Waals surface area (Å²) < 4.78 is 0. The molecule has 2 aromatic heterocycles. The van der Waals surface area contributed by atoms with Gasteiger partial charge in [0.15, 0.2) is 0 Å². The van der Waals surface area contributed by atoms with Gasteiger partial charge >= 0.3 is 5.97 Å². The SMILES string of the molecule is CC(=O)Nc1cc(CC(=O)O)cc(-c2nnc(Nc3ccc4[nH]ncc4c3Cl)s2)c1. The first kappa shape index (κ1) is 19.8. The van der Waals surface area contributed by atoms with Crippen molar-refractivity contribution in [2.75, 3.05) is 10.6 Å². The molecule has 0 aliphatic carbocycles. The summed E-state index contributed by atoms with van der Waals surface area (Å²) >= 11 is 7.71. The fourth-order valence-corrected chi connectivity index (χ4v) is 3.96. The second kappa shape index (κ2) is 8.09. The standard InChI is InChI=1S/C19H15ClN6O3S/c1-9(27)22-12-5-10(6-16(28)29)4-11(7-12)18-25-26-19(30-18)23-15-3-2-14-13(17(15)20)8-21-24-14/h2-5,7-8H,6H2,1H3,(H,21,24)(H,22,27)(H,23,26)(H,28,29). The van der Waals surface area contributed by atoms with Crippen LogP contribution in [-0.4, -0.2) is 37.4 Å². The van der Waals surface area contributed by atoms with E-state index in [9.17, 15) is 9.59 Å². The van der Waals surface area contributed by atoms with Crippen molar-refractivity contribution in [1.29, 1.82) is 0 Å². The third-order valence-electron chi connectivity index (χ3n) is 4.14. The molecule has 11 heteroatoms. The first-order valence-electron chi connectivity index (χ1n) is 8.75. The van der Waals surface area contributed by atoms with E-state index in [0.717, 1.165) is 10.9 Å². The maximum atomic E-state index is 11.4. The monoisotopic (exact) mass is 442 g/mol. The molecule has 4 N–H and O–H groups in total. The number of benzene rings is 2. The van der Waals surface area contributed by atoms with Crippen molar-refractivity contribution in [2.24, 2.45) is 0 Å². The number of fused-ring (bicyclic) bond motifs is 1. The lowest BCUT2D eigenvalue weighted by atomic mass is 10.1. The molecular formula is C19H15ClN6O3S. The molecule has 4 rings (SSSR count). The third-order valence-corrected chi connectivity index (χ3v) is 5.44. The maximum absolute atomic E-state index is 11.4. The van der Waals surface area contributed by atoms with Gasteiger partial charge in [0.25, 0.3) is 0 Å². The number of hydrogen-bond acceptors (Lipinski definition) is 7. The zero-order valence-electron chi connectivity index (χ0n) is 15.6. The van der Waals surface area contributed by atoms with Gasteiger partial charge in [0.2, 0.25) is 11.0 Å². The molecule has 0 unspecified atom stereocenters. The van der Waals surface area contributed by atoms with Gasteiger partial charge in [-0.25, -0.2) is 0 Å². The van der Waals surface area contributed by atoms with Gasteiger partial charge in [-0.05, 0) is 35.9 Å². The second-order valence-corrected chi connectivity index (χ2v) is 7.82. The Hall–Kier alpha value is -3.50. The minimum Gasteiger partial charge on any atom is -0.481 e. The quantitative estimate of drug-likeness (QED) is 0.353. The summed E-state index contributed by atoms with van der Waals surface area (Å²) in [5.74, 6) is -1.22. The molecule has 2 heterocycles. The number of aromatic amines is 1. The van der Waals surface area contributed by atoms with Gasteiger partial charge in [-0.2, -0.15) is 5.10 Å². The molecule has 0 aliphatic heterocycles. The summed E-state index contributed by atoms with van der Waals surface area (Å²) in [4.78, 5) is 22.5. The minimum absolute atomic E-state index is 0.176. The summed E-state index contributed by atoms with van der Waals surface area (Å²) in [5, 5.41) is 32.5. The van der Waals surface area contributed by atoms with Crippen molar-refractivity contribution in [3.63, 3.8) is 0 Å². The van der Waals surface area contributed by atoms with Crippen molar-refractivity contribution in [3.8, 4) is 10.6 Å². The van der Waals surface area contributed by atoms with Crippen LogP contribution in [0.2, 0.25) is 5.02 Å². The van der Waals surface area contributed by atoms with Crippen LogP contribution in [0.1, 0.15) is 12.5 Å². The number of hydrogen-bond donors (Lipinski definition) is 4. The molecule has 0 bridgehead atoms. The van der Waals surface area contributed by atoms with Crippen LogP contribution in [-0.2, 0) is 16.0 Å². The number of carboxylic acids is 1.